The van der Waals surface area contributed by atoms with Crippen molar-refractivity contribution >= 4 is 11.6 Å². The minimum Gasteiger partial charge on any atom is -0.206 e. The van der Waals surface area contributed by atoms with E-state index in [2.05, 4.69) is 19.1 Å². The van der Waals surface area contributed by atoms with E-state index >= 15 is 0 Å². The molecule has 0 amide bonds. The summed E-state index contributed by atoms with van der Waals surface area (Å²) in [5.74, 6) is -0.207. The van der Waals surface area contributed by atoms with Gasteiger partial charge in [-0.3, -0.25) is 0 Å². The van der Waals surface area contributed by atoms with Crippen molar-refractivity contribution in [2.24, 2.45) is 0 Å². The highest BCUT2D eigenvalue weighted by Crippen LogP contribution is 2.35. The van der Waals surface area contributed by atoms with E-state index in [9.17, 15) is 4.39 Å². The van der Waals surface area contributed by atoms with Gasteiger partial charge in [-0.25, -0.2) is 4.39 Å². The Balaban J connectivity index is 2.56. The third-order valence-corrected chi connectivity index (χ3v) is 3.94. The van der Waals surface area contributed by atoms with Gasteiger partial charge in [0.05, 0.1) is 5.38 Å². The molecule has 0 N–H and O–H groups in total. The van der Waals surface area contributed by atoms with E-state index in [0.29, 0.717) is 11.1 Å². The Morgan fingerprint density at radius 1 is 0.947 bits per heavy atom. The van der Waals surface area contributed by atoms with Crippen molar-refractivity contribution in [3.8, 4) is 0 Å². The van der Waals surface area contributed by atoms with Crippen LogP contribution >= 0.6 is 11.6 Å². The van der Waals surface area contributed by atoms with Crippen LogP contribution in [0.15, 0.2) is 30.3 Å². The van der Waals surface area contributed by atoms with Crippen molar-refractivity contribution in [1.29, 1.82) is 0 Å². The number of rotatable bonds is 2. The van der Waals surface area contributed by atoms with Crippen LogP contribution in [0.2, 0.25) is 0 Å². The lowest BCUT2D eigenvalue weighted by atomic mass is 9.93. The Labute approximate surface area is 119 Å². The topological polar surface area (TPSA) is 0 Å². The lowest BCUT2D eigenvalue weighted by Crippen LogP contribution is -2.03. The average Bonchev–Trinajstić information content (AvgIpc) is 2.31. The van der Waals surface area contributed by atoms with Crippen LogP contribution < -0.4 is 0 Å². The summed E-state index contributed by atoms with van der Waals surface area (Å²) in [7, 11) is 0. The van der Waals surface area contributed by atoms with Crippen LogP contribution in [-0.4, -0.2) is 0 Å². The molecule has 2 heteroatoms. The maximum atomic E-state index is 14.2. The summed E-state index contributed by atoms with van der Waals surface area (Å²) in [6.07, 6.45) is 0. The number of alkyl halides is 1. The van der Waals surface area contributed by atoms with Gasteiger partial charge in [-0.15, -0.1) is 11.6 Å². The Morgan fingerprint density at radius 2 is 1.53 bits per heavy atom. The van der Waals surface area contributed by atoms with E-state index in [1.165, 1.54) is 5.56 Å². The average molecular weight is 277 g/mol. The van der Waals surface area contributed by atoms with Crippen LogP contribution in [-0.2, 0) is 0 Å². The van der Waals surface area contributed by atoms with Crippen LogP contribution in [0.5, 0.6) is 0 Å². The summed E-state index contributed by atoms with van der Waals surface area (Å²) < 4.78 is 14.2. The molecular formula is C17H18ClF. The summed E-state index contributed by atoms with van der Waals surface area (Å²) in [5, 5.41) is -0.444. The molecule has 2 rings (SSSR count). The molecule has 0 aromatic heterocycles. The summed E-state index contributed by atoms with van der Waals surface area (Å²) in [6.45, 7) is 7.87. The van der Waals surface area contributed by atoms with Gasteiger partial charge < -0.3 is 0 Å². The second kappa shape index (κ2) is 5.34. The summed E-state index contributed by atoms with van der Waals surface area (Å²) in [5.41, 5.74) is 5.61. The SMILES string of the molecule is Cc1cc(C)c(C(Cl)c2cccc(C)c2F)c(C)c1. The number of hydrogen-bond donors (Lipinski definition) is 0. The summed E-state index contributed by atoms with van der Waals surface area (Å²) >= 11 is 6.53. The van der Waals surface area contributed by atoms with Gasteiger partial charge in [0.15, 0.2) is 0 Å². The molecule has 0 aliphatic heterocycles. The van der Waals surface area contributed by atoms with Crippen LogP contribution in [0, 0.1) is 33.5 Å². The molecule has 2 aromatic rings. The second-order valence-electron chi connectivity index (χ2n) is 5.15. The quantitative estimate of drug-likeness (QED) is 0.645. The maximum Gasteiger partial charge on any atom is 0.131 e. The van der Waals surface area contributed by atoms with Gasteiger partial charge in [-0.1, -0.05) is 35.9 Å². The van der Waals surface area contributed by atoms with E-state index in [-0.39, 0.29) is 5.82 Å². The smallest absolute Gasteiger partial charge is 0.131 e. The highest BCUT2D eigenvalue weighted by molar-refractivity contribution is 6.22. The number of aryl methyl sites for hydroxylation is 4. The molecule has 0 aliphatic carbocycles. The van der Waals surface area contributed by atoms with Crippen LogP contribution in [0.25, 0.3) is 0 Å². The van der Waals surface area contributed by atoms with Crippen molar-refractivity contribution < 1.29 is 4.39 Å². The molecule has 2 aromatic carbocycles. The van der Waals surface area contributed by atoms with Crippen molar-refractivity contribution in [2.45, 2.75) is 33.1 Å². The molecule has 0 spiro atoms. The number of halogens is 2. The molecule has 0 saturated heterocycles. The first-order valence-corrected chi connectivity index (χ1v) is 6.82. The molecule has 1 unspecified atom stereocenters. The van der Waals surface area contributed by atoms with Gasteiger partial charge in [0.1, 0.15) is 5.82 Å². The van der Waals surface area contributed by atoms with E-state index in [1.807, 2.05) is 19.9 Å². The zero-order chi connectivity index (χ0) is 14.2. The first-order chi connectivity index (χ1) is 8.91. The molecule has 19 heavy (non-hydrogen) atoms. The molecule has 0 radical (unpaired) electrons. The molecular weight excluding hydrogens is 259 g/mol. The predicted molar refractivity (Wildman–Crippen MR) is 79.5 cm³/mol. The van der Waals surface area contributed by atoms with Gasteiger partial charge in [-0.05, 0) is 49.9 Å². The second-order valence-corrected chi connectivity index (χ2v) is 5.59. The molecule has 0 saturated carbocycles. The standard InChI is InChI=1S/C17H18ClF/c1-10-8-12(3)15(13(4)9-10)16(18)14-7-5-6-11(2)17(14)19/h5-9,16H,1-4H3. The highest BCUT2D eigenvalue weighted by atomic mass is 35.5. The lowest BCUT2D eigenvalue weighted by Gasteiger charge is -2.18. The molecule has 1 atom stereocenters. The Hall–Kier alpha value is -1.34. The van der Waals surface area contributed by atoms with Gasteiger partial charge in [0.25, 0.3) is 0 Å². The van der Waals surface area contributed by atoms with Gasteiger partial charge >= 0.3 is 0 Å². The van der Waals surface area contributed by atoms with E-state index in [0.717, 1.165) is 16.7 Å². The van der Waals surface area contributed by atoms with Crippen molar-refractivity contribution in [1.82, 2.24) is 0 Å². The normalized spacial score (nSPS) is 12.5. The molecule has 0 bridgehead atoms. The molecule has 100 valence electrons. The molecule has 0 heterocycles. The van der Waals surface area contributed by atoms with Gasteiger partial charge in [0, 0.05) is 5.56 Å². The first-order valence-electron chi connectivity index (χ1n) is 6.38. The zero-order valence-electron chi connectivity index (χ0n) is 11.7. The largest absolute Gasteiger partial charge is 0.206 e. The molecule has 0 nitrogen and oxygen atoms in total. The highest BCUT2D eigenvalue weighted by Gasteiger charge is 2.20. The fourth-order valence-electron chi connectivity index (χ4n) is 2.61. The number of benzene rings is 2. The Bertz CT molecular complexity index is 594. The monoisotopic (exact) mass is 276 g/mol. The fraction of sp³-hybridized carbons (Fsp3) is 0.294. The van der Waals surface area contributed by atoms with E-state index in [1.54, 1.807) is 19.1 Å². The van der Waals surface area contributed by atoms with E-state index in [4.69, 9.17) is 11.6 Å². The number of hydrogen-bond acceptors (Lipinski definition) is 0. The van der Waals surface area contributed by atoms with Crippen molar-refractivity contribution in [3.63, 3.8) is 0 Å². The summed E-state index contributed by atoms with van der Waals surface area (Å²) in [6, 6.07) is 9.55. The van der Waals surface area contributed by atoms with Gasteiger partial charge in [0.2, 0.25) is 0 Å². The third kappa shape index (κ3) is 2.66. The van der Waals surface area contributed by atoms with Crippen molar-refractivity contribution in [3.05, 3.63) is 69.5 Å². The lowest BCUT2D eigenvalue weighted by molar-refractivity contribution is 0.603. The zero-order valence-corrected chi connectivity index (χ0v) is 12.5. The molecule has 0 aliphatic rings. The van der Waals surface area contributed by atoms with Gasteiger partial charge in [-0.2, -0.15) is 0 Å². The van der Waals surface area contributed by atoms with Crippen LogP contribution in [0.1, 0.15) is 38.8 Å². The minimum atomic E-state index is -0.444. The van der Waals surface area contributed by atoms with E-state index < -0.39 is 5.38 Å². The minimum absolute atomic E-state index is 0.207. The molecule has 0 fully saturated rings. The van der Waals surface area contributed by atoms with Crippen LogP contribution in [0.4, 0.5) is 4.39 Å². The Morgan fingerprint density at radius 3 is 2.11 bits per heavy atom. The van der Waals surface area contributed by atoms with Crippen LogP contribution in [0.3, 0.4) is 0 Å². The third-order valence-electron chi connectivity index (χ3n) is 3.49. The van der Waals surface area contributed by atoms with Crippen molar-refractivity contribution in [2.75, 3.05) is 0 Å². The summed E-state index contributed by atoms with van der Waals surface area (Å²) in [4.78, 5) is 0. The first kappa shape index (κ1) is 14.1. The predicted octanol–water partition coefficient (Wildman–Crippen LogP) is 5.39. The maximum absolute atomic E-state index is 14.2. The Kier molecular flexibility index (Phi) is 3.96. The fourth-order valence-corrected chi connectivity index (χ4v) is 3.13.